The van der Waals surface area contributed by atoms with E-state index in [1.54, 1.807) is 0 Å². The molecule has 0 spiro atoms. The van der Waals surface area contributed by atoms with Gasteiger partial charge in [0.1, 0.15) is 0 Å². The molecule has 2 heteroatoms. The van der Waals surface area contributed by atoms with Gasteiger partial charge in [-0.25, -0.2) is 0 Å². The van der Waals surface area contributed by atoms with Crippen LogP contribution >= 0.6 is 0 Å². The molecular weight excluding hydrogens is 112 g/mol. The second-order valence-corrected chi connectivity index (χ2v) is 2.17. The number of hydrogen-bond donors (Lipinski definition) is 1. The first kappa shape index (κ1) is 8.21. The molecule has 0 fully saturated rings. The minimum atomic E-state index is 0.500. The maximum Gasteiger partial charge on any atom is 0.0318 e. The van der Waals surface area contributed by atoms with E-state index in [0.29, 0.717) is 5.92 Å². The minimum absolute atomic E-state index is 0.500. The quantitative estimate of drug-likeness (QED) is 0.452. The summed E-state index contributed by atoms with van der Waals surface area (Å²) in [6.07, 6.45) is 2.00. The smallest absolute Gasteiger partial charge is 0.0318 e. The summed E-state index contributed by atoms with van der Waals surface area (Å²) in [4.78, 5) is 0. The second kappa shape index (κ2) is 4.13. The summed E-state index contributed by atoms with van der Waals surface area (Å²) in [6.45, 7) is 9.52. The zero-order chi connectivity index (χ0) is 7.28. The molecule has 0 saturated carbocycles. The zero-order valence-electron chi connectivity index (χ0n) is 6.31. The standard InChI is InChI=1S/C7H14N2/c1-5-7(6(2)3)9-8-4/h5-6,9H,4H2,1-3H3/b7-5-. The molecule has 0 radical (unpaired) electrons. The largest absolute Gasteiger partial charge is 0.283 e. The Morgan fingerprint density at radius 1 is 1.67 bits per heavy atom. The Morgan fingerprint density at radius 2 is 2.22 bits per heavy atom. The van der Waals surface area contributed by atoms with Crippen LogP contribution in [0.5, 0.6) is 0 Å². The summed E-state index contributed by atoms with van der Waals surface area (Å²) in [5.41, 5.74) is 3.92. The molecule has 0 unspecified atom stereocenters. The fourth-order valence-corrected chi connectivity index (χ4v) is 0.618. The number of nitrogens with zero attached hydrogens (tertiary/aromatic N) is 1. The van der Waals surface area contributed by atoms with Crippen molar-refractivity contribution >= 4 is 6.72 Å². The van der Waals surface area contributed by atoms with Crippen molar-refractivity contribution in [2.24, 2.45) is 11.0 Å². The van der Waals surface area contributed by atoms with Gasteiger partial charge in [-0.1, -0.05) is 19.9 Å². The van der Waals surface area contributed by atoms with Crippen LogP contribution in [0.15, 0.2) is 16.9 Å². The molecule has 9 heavy (non-hydrogen) atoms. The van der Waals surface area contributed by atoms with Crippen molar-refractivity contribution in [3.05, 3.63) is 11.8 Å². The fourth-order valence-electron chi connectivity index (χ4n) is 0.618. The van der Waals surface area contributed by atoms with E-state index in [1.807, 2.05) is 13.0 Å². The van der Waals surface area contributed by atoms with E-state index in [-0.39, 0.29) is 0 Å². The van der Waals surface area contributed by atoms with Crippen molar-refractivity contribution in [3.63, 3.8) is 0 Å². The Bertz CT molecular complexity index is 114. The Morgan fingerprint density at radius 3 is 2.33 bits per heavy atom. The molecule has 0 heterocycles. The molecule has 0 atom stereocenters. The lowest BCUT2D eigenvalue weighted by molar-refractivity contribution is 0.674. The Kier molecular flexibility index (Phi) is 3.76. The Balaban J connectivity index is 3.84. The van der Waals surface area contributed by atoms with E-state index in [2.05, 4.69) is 31.1 Å². The number of rotatable bonds is 3. The highest BCUT2D eigenvalue weighted by atomic mass is 15.3. The van der Waals surface area contributed by atoms with E-state index >= 15 is 0 Å². The highest BCUT2D eigenvalue weighted by molar-refractivity contribution is 5.23. The van der Waals surface area contributed by atoms with Crippen molar-refractivity contribution in [1.82, 2.24) is 5.43 Å². The highest BCUT2D eigenvalue weighted by Gasteiger charge is 1.97. The Hall–Kier alpha value is -0.790. The lowest BCUT2D eigenvalue weighted by Crippen LogP contribution is -2.09. The summed E-state index contributed by atoms with van der Waals surface area (Å²) < 4.78 is 0. The molecule has 0 rings (SSSR count). The summed E-state index contributed by atoms with van der Waals surface area (Å²) in [7, 11) is 0. The van der Waals surface area contributed by atoms with Crippen molar-refractivity contribution in [2.45, 2.75) is 20.8 Å². The molecule has 0 aromatic heterocycles. The predicted octanol–water partition coefficient (Wildman–Crippen LogP) is 1.75. The molecule has 0 bridgehead atoms. The van der Waals surface area contributed by atoms with Crippen molar-refractivity contribution in [1.29, 1.82) is 0 Å². The first-order valence-electron chi connectivity index (χ1n) is 3.10. The molecule has 0 aliphatic rings. The van der Waals surface area contributed by atoms with Crippen LogP contribution in [0.3, 0.4) is 0 Å². The lowest BCUT2D eigenvalue weighted by Gasteiger charge is -2.07. The summed E-state index contributed by atoms with van der Waals surface area (Å²) >= 11 is 0. The van der Waals surface area contributed by atoms with Crippen molar-refractivity contribution in [3.8, 4) is 0 Å². The van der Waals surface area contributed by atoms with Gasteiger partial charge in [-0.15, -0.1) is 0 Å². The van der Waals surface area contributed by atoms with Gasteiger partial charge in [-0.3, -0.25) is 5.43 Å². The SMILES string of the molecule is C=NN/C(=C\C)C(C)C. The first-order chi connectivity index (χ1) is 4.22. The van der Waals surface area contributed by atoms with Gasteiger partial charge >= 0.3 is 0 Å². The Labute approximate surface area is 56.7 Å². The molecule has 0 aliphatic carbocycles. The van der Waals surface area contributed by atoms with Gasteiger partial charge in [-0.2, -0.15) is 5.10 Å². The normalized spacial score (nSPS) is 11.8. The molecule has 0 saturated heterocycles. The van der Waals surface area contributed by atoms with Crippen LogP contribution in [0, 0.1) is 5.92 Å². The molecular formula is C7H14N2. The molecule has 2 nitrogen and oxygen atoms in total. The lowest BCUT2D eigenvalue weighted by atomic mass is 10.1. The summed E-state index contributed by atoms with van der Waals surface area (Å²) in [5.74, 6) is 0.500. The van der Waals surface area contributed by atoms with Gasteiger partial charge in [0.2, 0.25) is 0 Å². The van der Waals surface area contributed by atoms with Gasteiger partial charge < -0.3 is 0 Å². The molecule has 0 aliphatic heterocycles. The van der Waals surface area contributed by atoms with Gasteiger partial charge in [0.15, 0.2) is 0 Å². The fraction of sp³-hybridized carbons (Fsp3) is 0.571. The zero-order valence-corrected chi connectivity index (χ0v) is 6.31. The molecule has 52 valence electrons. The van der Waals surface area contributed by atoms with Crippen LogP contribution in [0.4, 0.5) is 0 Å². The van der Waals surface area contributed by atoms with Gasteiger partial charge in [0.25, 0.3) is 0 Å². The second-order valence-electron chi connectivity index (χ2n) is 2.17. The van der Waals surface area contributed by atoms with E-state index in [4.69, 9.17) is 0 Å². The monoisotopic (exact) mass is 126 g/mol. The van der Waals surface area contributed by atoms with Crippen LogP contribution in [-0.4, -0.2) is 6.72 Å². The van der Waals surface area contributed by atoms with E-state index in [9.17, 15) is 0 Å². The van der Waals surface area contributed by atoms with Gasteiger partial charge in [0, 0.05) is 12.4 Å². The average Bonchev–Trinajstić information content (AvgIpc) is 1.82. The molecule has 0 aromatic rings. The van der Waals surface area contributed by atoms with Gasteiger partial charge in [0.05, 0.1) is 0 Å². The number of hydrogen-bond acceptors (Lipinski definition) is 2. The highest BCUT2D eigenvalue weighted by Crippen LogP contribution is 2.03. The van der Waals surface area contributed by atoms with Crippen LogP contribution in [0.1, 0.15) is 20.8 Å². The first-order valence-corrected chi connectivity index (χ1v) is 3.10. The molecule has 1 N–H and O–H groups in total. The third kappa shape index (κ3) is 2.90. The van der Waals surface area contributed by atoms with Crippen molar-refractivity contribution < 1.29 is 0 Å². The number of hydrazone groups is 1. The summed E-state index contributed by atoms with van der Waals surface area (Å²) in [5, 5.41) is 3.56. The van der Waals surface area contributed by atoms with Crippen LogP contribution in [0.25, 0.3) is 0 Å². The minimum Gasteiger partial charge on any atom is -0.283 e. The van der Waals surface area contributed by atoms with Gasteiger partial charge in [-0.05, 0) is 12.8 Å². The summed E-state index contributed by atoms with van der Waals surface area (Å²) in [6, 6.07) is 0. The van der Waals surface area contributed by atoms with Crippen molar-refractivity contribution in [2.75, 3.05) is 0 Å². The number of allylic oxidation sites excluding steroid dienone is 2. The number of nitrogens with one attached hydrogen (secondary N) is 1. The van der Waals surface area contributed by atoms with Crippen LogP contribution in [0.2, 0.25) is 0 Å². The third-order valence-corrected chi connectivity index (χ3v) is 1.14. The third-order valence-electron chi connectivity index (χ3n) is 1.14. The van der Waals surface area contributed by atoms with Crippen LogP contribution < -0.4 is 5.43 Å². The maximum atomic E-state index is 3.56. The average molecular weight is 126 g/mol. The predicted molar refractivity (Wildman–Crippen MR) is 41.3 cm³/mol. The maximum absolute atomic E-state index is 3.56. The van der Waals surface area contributed by atoms with E-state index < -0.39 is 0 Å². The topological polar surface area (TPSA) is 24.4 Å². The molecule has 0 aromatic carbocycles. The van der Waals surface area contributed by atoms with E-state index in [1.165, 1.54) is 0 Å². The molecule has 0 amide bonds. The van der Waals surface area contributed by atoms with E-state index in [0.717, 1.165) is 5.70 Å². The van der Waals surface area contributed by atoms with Crippen LogP contribution in [-0.2, 0) is 0 Å².